The van der Waals surface area contributed by atoms with Crippen LogP contribution < -0.4 is 16.2 Å². The molecule has 0 saturated heterocycles. The molecular formula is C50H37BN2. The van der Waals surface area contributed by atoms with E-state index >= 15 is 0 Å². The maximum atomic E-state index is 3.81. The van der Waals surface area contributed by atoms with Crippen molar-refractivity contribution in [2.45, 2.75) is 25.2 Å². The molecule has 250 valence electrons. The lowest BCUT2D eigenvalue weighted by Gasteiger charge is -2.38. The Morgan fingerprint density at radius 1 is 0.566 bits per heavy atom. The smallest absolute Gasteiger partial charge is 0.198 e. The van der Waals surface area contributed by atoms with Crippen LogP contribution in [-0.2, 0) is 5.41 Å². The molecule has 0 fully saturated rings. The van der Waals surface area contributed by atoms with E-state index in [9.17, 15) is 0 Å². The highest BCUT2D eigenvalue weighted by Crippen LogP contribution is 2.52. The van der Waals surface area contributed by atoms with E-state index in [0.717, 1.165) is 18.7 Å². The quantitative estimate of drug-likeness (QED) is 0.137. The van der Waals surface area contributed by atoms with Crippen LogP contribution in [0.15, 0.2) is 170 Å². The molecular weight excluding hydrogens is 639 g/mol. The van der Waals surface area contributed by atoms with Gasteiger partial charge in [0.15, 0.2) is 7.28 Å². The summed E-state index contributed by atoms with van der Waals surface area (Å²) in [6.45, 7) is 4.86. The average molecular weight is 677 g/mol. The van der Waals surface area contributed by atoms with Crippen LogP contribution in [0.4, 0.5) is 11.4 Å². The van der Waals surface area contributed by atoms with Crippen LogP contribution in [0.5, 0.6) is 0 Å². The molecule has 53 heavy (non-hydrogen) atoms. The summed E-state index contributed by atoms with van der Waals surface area (Å²) in [7, 11) is 0.871. The standard InChI is InChI=1S/C50H37BN2/c1-50(2)39-26-16-27-41-47(39)53-48-40(50)29-33-21-12-13-24-35(33)44(48)45-38(43(31-17-6-3-7-18-31)32-19-8-4-9-20-32)30-37(46(51-41)49(45)53)36-25-14-15-28-42(36)52-34-22-10-5-11-23-34/h3-30,43,51-52H,1-2H3. The summed E-state index contributed by atoms with van der Waals surface area (Å²) in [6, 6.07) is 62.8. The zero-order valence-corrected chi connectivity index (χ0v) is 29.9. The van der Waals surface area contributed by atoms with E-state index in [1.165, 1.54) is 88.1 Å². The van der Waals surface area contributed by atoms with Gasteiger partial charge in [-0.2, -0.15) is 0 Å². The third kappa shape index (κ3) is 4.34. The fourth-order valence-corrected chi connectivity index (χ4v) is 9.70. The highest BCUT2D eigenvalue weighted by atomic mass is 15.0. The number of hydrogen-bond acceptors (Lipinski definition) is 1. The summed E-state index contributed by atoms with van der Waals surface area (Å²) in [6.07, 6.45) is 0. The van der Waals surface area contributed by atoms with Crippen LogP contribution in [0, 0.1) is 0 Å². The van der Waals surface area contributed by atoms with Crippen LogP contribution >= 0.6 is 0 Å². The van der Waals surface area contributed by atoms with Crippen LogP contribution in [0.25, 0.3) is 49.4 Å². The van der Waals surface area contributed by atoms with Gasteiger partial charge in [0, 0.05) is 50.2 Å². The normalized spacial score (nSPS) is 13.6. The monoisotopic (exact) mass is 676 g/mol. The Kier molecular flexibility index (Phi) is 6.49. The van der Waals surface area contributed by atoms with Gasteiger partial charge in [-0.15, -0.1) is 0 Å². The predicted molar refractivity (Wildman–Crippen MR) is 226 cm³/mol. The average Bonchev–Trinajstić information content (AvgIpc) is 3.57. The van der Waals surface area contributed by atoms with Crippen LogP contribution in [0.1, 0.15) is 47.6 Å². The Morgan fingerprint density at radius 3 is 1.98 bits per heavy atom. The van der Waals surface area contributed by atoms with Crippen LogP contribution in [0.2, 0.25) is 0 Å². The number of aromatic nitrogens is 1. The Hall–Kier alpha value is -6.32. The fourth-order valence-electron chi connectivity index (χ4n) is 9.70. The van der Waals surface area contributed by atoms with Gasteiger partial charge < -0.3 is 9.88 Å². The number of fused-ring (bicyclic) bond motifs is 3. The van der Waals surface area contributed by atoms with E-state index in [0.29, 0.717) is 0 Å². The van der Waals surface area contributed by atoms with E-state index in [4.69, 9.17) is 0 Å². The number of nitrogens with one attached hydrogen (secondary N) is 1. The molecule has 0 aliphatic carbocycles. The number of benzene rings is 8. The van der Waals surface area contributed by atoms with E-state index in [1.54, 1.807) is 0 Å². The van der Waals surface area contributed by atoms with Crippen molar-refractivity contribution < 1.29 is 0 Å². The highest BCUT2D eigenvalue weighted by molar-refractivity contribution is 6.73. The SMILES string of the molecule is CC1(C)c2cccc3c2-n2c4c(c(-c5ccccc5Nc5ccccc5)cc(C(c5ccccc5)c5ccccc5)c4c4c5ccccc5cc1c42)B3. The molecule has 2 nitrogen and oxygen atoms in total. The van der Waals surface area contributed by atoms with Crippen LogP contribution in [-0.4, -0.2) is 11.8 Å². The predicted octanol–water partition coefficient (Wildman–Crippen LogP) is 10.9. The number of rotatable bonds is 6. The summed E-state index contributed by atoms with van der Waals surface area (Å²) in [5.74, 6) is 0.0197. The van der Waals surface area contributed by atoms with Gasteiger partial charge in [0.2, 0.25) is 0 Å². The summed E-state index contributed by atoms with van der Waals surface area (Å²) in [5, 5.41) is 9.17. The van der Waals surface area contributed by atoms with Crippen LogP contribution in [0.3, 0.4) is 0 Å². The Bertz CT molecular complexity index is 2870. The third-order valence-electron chi connectivity index (χ3n) is 12.1. The molecule has 0 spiro atoms. The first-order chi connectivity index (χ1) is 26.1. The van der Waals surface area contributed by atoms with E-state index in [2.05, 4.69) is 194 Å². The summed E-state index contributed by atoms with van der Waals surface area (Å²) in [5.41, 5.74) is 18.1. The molecule has 3 heterocycles. The maximum absolute atomic E-state index is 3.81. The lowest BCUT2D eigenvalue weighted by Crippen LogP contribution is -2.41. The maximum Gasteiger partial charge on any atom is 0.198 e. The van der Waals surface area contributed by atoms with Crippen molar-refractivity contribution in [1.82, 2.24) is 4.57 Å². The number of para-hydroxylation sites is 3. The van der Waals surface area contributed by atoms with Crippen molar-refractivity contribution in [3.05, 3.63) is 198 Å². The molecule has 0 atom stereocenters. The van der Waals surface area contributed by atoms with Crippen molar-refractivity contribution in [2.24, 2.45) is 0 Å². The molecule has 8 aromatic carbocycles. The van der Waals surface area contributed by atoms with Gasteiger partial charge >= 0.3 is 0 Å². The Balaban J connectivity index is 1.37. The molecule has 3 heteroatoms. The second kappa shape index (κ2) is 11.3. The molecule has 11 rings (SSSR count). The fraction of sp³-hybridized carbons (Fsp3) is 0.0800. The van der Waals surface area contributed by atoms with Gasteiger partial charge in [0.25, 0.3) is 0 Å². The van der Waals surface area contributed by atoms with Crippen molar-refractivity contribution in [2.75, 3.05) is 5.32 Å². The minimum atomic E-state index is -0.164. The molecule has 1 aromatic heterocycles. The highest BCUT2D eigenvalue weighted by Gasteiger charge is 2.41. The molecule has 0 amide bonds. The second-order valence-electron chi connectivity index (χ2n) is 15.3. The van der Waals surface area contributed by atoms with Gasteiger partial charge in [-0.1, -0.05) is 159 Å². The molecule has 9 aromatic rings. The van der Waals surface area contributed by atoms with E-state index in [1.807, 2.05) is 0 Å². The molecule has 0 saturated carbocycles. The van der Waals surface area contributed by atoms with Gasteiger partial charge in [-0.25, -0.2) is 0 Å². The molecule has 2 aliphatic rings. The van der Waals surface area contributed by atoms with Gasteiger partial charge in [-0.05, 0) is 79.9 Å². The van der Waals surface area contributed by atoms with E-state index < -0.39 is 0 Å². The largest absolute Gasteiger partial charge is 0.355 e. The van der Waals surface area contributed by atoms with Crippen molar-refractivity contribution >= 4 is 62.2 Å². The number of nitrogens with zero attached hydrogens (tertiary/aromatic N) is 1. The lowest BCUT2D eigenvalue weighted by molar-refractivity contribution is 0.632. The van der Waals surface area contributed by atoms with Gasteiger partial charge in [0.05, 0.1) is 5.52 Å². The number of anilines is 2. The molecule has 0 bridgehead atoms. The Labute approximate surface area is 310 Å². The van der Waals surface area contributed by atoms with Crippen molar-refractivity contribution in [3.8, 4) is 16.8 Å². The van der Waals surface area contributed by atoms with E-state index in [-0.39, 0.29) is 11.3 Å². The summed E-state index contributed by atoms with van der Waals surface area (Å²) in [4.78, 5) is 0. The van der Waals surface area contributed by atoms with Crippen molar-refractivity contribution in [1.29, 1.82) is 0 Å². The third-order valence-corrected chi connectivity index (χ3v) is 12.1. The second-order valence-corrected chi connectivity index (χ2v) is 15.3. The van der Waals surface area contributed by atoms with Crippen molar-refractivity contribution in [3.63, 3.8) is 0 Å². The molecule has 0 unspecified atom stereocenters. The molecule has 0 radical (unpaired) electrons. The summed E-state index contributed by atoms with van der Waals surface area (Å²) < 4.78 is 2.69. The Morgan fingerprint density at radius 2 is 1.23 bits per heavy atom. The first-order valence-corrected chi connectivity index (χ1v) is 18.8. The first kappa shape index (κ1) is 30.3. The summed E-state index contributed by atoms with van der Waals surface area (Å²) >= 11 is 0. The molecule has 2 aliphatic heterocycles. The zero-order valence-electron chi connectivity index (χ0n) is 29.9. The minimum absolute atomic E-state index is 0.0197. The first-order valence-electron chi connectivity index (χ1n) is 18.8. The zero-order chi connectivity index (χ0) is 35.3. The van der Waals surface area contributed by atoms with Gasteiger partial charge in [-0.3, -0.25) is 0 Å². The number of hydrogen-bond donors (Lipinski definition) is 1. The van der Waals surface area contributed by atoms with Gasteiger partial charge in [0.1, 0.15) is 0 Å². The minimum Gasteiger partial charge on any atom is -0.355 e. The lowest BCUT2D eigenvalue weighted by atomic mass is 9.57. The molecule has 1 N–H and O–H groups in total. The topological polar surface area (TPSA) is 17.0 Å².